The van der Waals surface area contributed by atoms with Crippen molar-refractivity contribution in [3.05, 3.63) is 45.4 Å². The summed E-state index contributed by atoms with van der Waals surface area (Å²) >= 11 is 0. The van der Waals surface area contributed by atoms with Crippen molar-refractivity contribution in [2.75, 3.05) is 49.7 Å². The molecule has 210 valence electrons. The fourth-order valence-electron chi connectivity index (χ4n) is 7.00. The second-order valence-electron chi connectivity index (χ2n) is 11.7. The first-order valence-electron chi connectivity index (χ1n) is 14.4. The molecule has 1 aromatic carbocycles. The highest BCUT2D eigenvalue weighted by Crippen LogP contribution is 2.41. The third kappa shape index (κ3) is 4.16. The van der Waals surface area contributed by atoms with Crippen LogP contribution in [0.25, 0.3) is 11.0 Å². The fourth-order valence-corrected chi connectivity index (χ4v) is 7.00. The van der Waals surface area contributed by atoms with E-state index in [9.17, 15) is 9.59 Å². The van der Waals surface area contributed by atoms with Crippen LogP contribution in [0.5, 0.6) is 5.75 Å². The van der Waals surface area contributed by atoms with E-state index in [0.29, 0.717) is 35.8 Å². The number of aryl methyl sites for hydroxylation is 2. The predicted octanol–water partition coefficient (Wildman–Crippen LogP) is 3.75. The van der Waals surface area contributed by atoms with Crippen molar-refractivity contribution in [3.63, 3.8) is 0 Å². The average molecular weight is 545 g/mol. The summed E-state index contributed by atoms with van der Waals surface area (Å²) in [5.41, 5.74) is 4.36. The van der Waals surface area contributed by atoms with E-state index in [1.165, 1.54) is 6.92 Å². The largest absolute Gasteiger partial charge is 0.489 e. The number of ketones is 1. The minimum atomic E-state index is -0.244. The van der Waals surface area contributed by atoms with Gasteiger partial charge in [0.15, 0.2) is 5.78 Å². The smallest absolute Gasteiger partial charge is 0.263 e. The lowest BCUT2D eigenvalue weighted by Gasteiger charge is -2.49. The van der Waals surface area contributed by atoms with Crippen LogP contribution >= 0.6 is 0 Å². The van der Waals surface area contributed by atoms with Crippen LogP contribution in [0.4, 0.5) is 17.3 Å². The molecule has 1 aliphatic carbocycles. The van der Waals surface area contributed by atoms with Gasteiger partial charge in [0.2, 0.25) is 5.95 Å². The maximum absolute atomic E-state index is 13.5. The number of benzene rings is 1. The van der Waals surface area contributed by atoms with Crippen LogP contribution in [0.15, 0.2) is 23.1 Å². The summed E-state index contributed by atoms with van der Waals surface area (Å²) in [6.07, 6.45) is 5.69. The summed E-state index contributed by atoms with van der Waals surface area (Å²) in [4.78, 5) is 40.4. The first-order valence-corrected chi connectivity index (χ1v) is 14.4. The Kier molecular flexibility index (Phi) is 6.27. The standard InChI is InChI=1S/C30H36N6O4/c1-17-10-20(11-25-27(17)35-9-8-34(23-14-39-15-23)13-22(35)16-40-25)32-30-31-12-24-18(2)26(19(3)37)29(38)36(28(24)33-30)21-6-4-5-7-21/h10-12,21-23H,4-9,13-16H2,1-3H3,(H,31,32,33)/t22-/m0/s1. The minimum Gasteiger partial charge on any atom is -0.489 e. The Morgan fingerprint density at radius 3 is 2.58 bits per heavy atom. The molecular formula is C30H36N6O4. The monoisotopic (exact) mass is 544 g/mol. The number of fused-ring (bicyclic) bond motifs is 4. The van der Waals surface area contributed by atoms with E-state index >= 15 is 0 Å². The third-order valence-corrected chi connectivity index (χ3v) is 9.14. The number of ether oxygens (including phenoxy) is 2. The van der Waals surface area contributed by atoms with Crippen molar-refractivity contribution < 1.29 is 14.3 Å². The van der Waals surface area contributed by atoms with E-state index in [1.807, 2.05) is 13.0 Å². The zero-order valence-corrected chi connectivity index (χ0v) is 23.4. The molecule has 2 saturated heterocycles. The number of nitrogens with one attached hydrogen (secondary N) is 1. The molecule has 40 heavy (non-hydrogen) atoms. The Morgan fingerprint density at radius 1 is 1.05 bits per heavy atom. The SMILES string of the molecule is CC(=O)c1c(C)c2cnc(Nc3cc(C)c4c(c3)OC[C@@H]3CN(C5COC5)CCN43)nc2n(C2CCCC2)c1=O. The molecule has 0 spiro atoms. The van der Waals surface area contributed by atoms with Gasteiger partial charge in [0.25, 0.3) is 5.56 Å². The van der Waals surface area contributed by atoms with Crippen LogP contribution in [-0.4, -0.2) is 76.8 Å². The third-order valence-electron chi connectivity index (χ3n) is 9.14. The topological polar surface area (TPSA) is 102 Å². The van der Waals surface area contributed by atoms with Crippen LogP contribution in [-0.2, 0) is 4.74 Å². The van der Waals surface area contributed by atoms with E-state index in [1.54, 1.807) is 10.8 Å². The lowest BCUT2D eigenvalue weighted by atomic mass is 10.0. The summed E-state index contributed by atoms with van der Waals surface area (Å²) in [6, 6.07) is 5.05. The normalized spacial score (nSPS) is 21.6. The molecule has 5 heterocycles. The zero-order valence-electron chi connectivity index (χ0n) is 23.4. The summed E-state index contributed by atoms with van der Waals surface area (Å²) in [5, 5.41) is 4.11. The molecule has 2 aromatic heterocycles. The van der Waals surface area contributed by atoms with Crippen molar-refractivity contribution >= 4 is 34.1 Å². The Balaban J connectivity index is 1.21. The number of hydrogen-bond acceptors (Lipinski definition) is 9. The van der Waals surface area contributed by atoms with E-state index in [0.717, 1.165) is 86.6 Å². The van der Waals surface area contributed by atoms with Gasteiger partial charge in [-0.1, -0.05) is 12.8 Å². The van der Waals surface area contributed by atoms with E-state index < -0.39 is 0 Å². The van der Waals surface area contributed by atoms with E-state index in [-0.39, 0.29) is 22.9 Å². The van der Waals surface area contributed by atoms with Gasteiger partial charge in [-0.05, 0) is 50.8 Å². The van der Waals surface area contributed by atoms with Gasteiger partial charge in [-0.3, -0.25) is 19.1 Å². The minimum absolute atomic E-state index is 0.0427. The molecule has 0 amide bonds. The number of carbonyl (C=O) groups excluding carboxylic acids is 1. The van der Waals surface area contributed by atoms with Gasteiger partial charge >= 0.3 is 0 Å². The molecule has 4 aliphatic rings. The Hall–Kier alpha value is -3.50. The van der Waals surface area contributed by atoms with Gasteiger partial charge < -0.3 is 19.7 Å². The molecule has 3 aliphatic heterocycles. The second kappa shape index (κ2) is 9.85. The Morgan fingerprint density at radius 2 is 1.85 bits per heavy atom. The molecule has 1 N–H and O–H groups in total. The highest BCUT2D eigenvalue weighted by Gasteiger charge is 2.38. The van der Waals surface area contributed by atoms with Crippen molar-refractivity contribution in [3.8, 4) is 5.75 Å². The number of Topliss-reactive ketones (excluding diaryl/α,β-unsaturated/α-hetero) is 1. The summed E-state index contributed by atoms with van der Waals surface area (Å²) in [7, 11) is 0. The van der Waals surface area contributed by atoms with Gasteiger partial charge in [-0.2, -0.15) is 4.98 Å². The van der Waals surface area contributed by atoms with Crippen molar-refractivity contribution in [2.45, 2.75) is 64.6 Å². The number of piperazine rings is 1. The maximum atomic E-state index is 13.5. The Labute approximate surface area is 233 Å². The highest BCUT2D eigenvalue weighted by atomic mass is 16.5. The molecule has 0 radical (unpaired) electrons. The molecule has 7 rings (SSSR count). The zero-order chi connectivity index (χ0) is 27.5. The molecule has 0 bridgehead atoms. The van der Waals surface area contributed by atoms with Crippen molar-refractivity contribution in [1.82, 2.24) is 19.4 Å². The second-order valence-corrected chi connectivity index (χ2v) is 11.7. The molecule has 1 atom stereocenters. The molecule has 0 unspecified atom stereocenters. The van der Waals surface area contributed by atoms with Crippen LogP contribution in [0, 0.1) is 13.8 Å². The van der Waals surface area contributed by atoms with Crippen LogP contribution < -0.4 is 20.5 Å². The number of anilines is 3. The molecule has 10 nitrogen and oxygen atoms in total. The first kappa shape index (κ1) is 25.5. The van der Waals surface area contributed by atoms with Gasteiger partial charge in [0, 0.05) is 49.0 Å². The summed E-state index contributed by atoms with van der Waals surface area (Å²) < 4.78 is 13.5. The lowest BCUT2D eigenvalue weighted by Crippen LogP contribution is -2.62. The van der Waals surface area contributed by atoms with Gasteiger partial charge in [0.05, 0.1) is 36.5 Å². The Bertz CT molecular complexity index is 1560. The maximum Gasteiger partial charge on any atom is 0.263 e. The highest BCUT2D eigenvalue weighted by molar-refractivity contribution is 5.99. The summed E-state index contributed by atoms with van der Waals surface area (Å²) in [5.74, 6) is 1.06. The molecule has 3 aromatic rings. The quantitative estimate of drug-likeness (QED) is 0.481. The number of pyridine rings is 1. The van der Waals surface area contributed by atoms with E-state index in [2.05, 4.69) is 33.1 Å². The number of aromatic nitrogens is 3. The predicted molar refractivity (Wildman–Crippen MR) is 153 cm³/mol. The van der Waals surface area contributed by atoms with Crippen molar-refractivity contribution in [1.29, 1.82) is 0 Å². The number of carbonyl (C=O) groups is 1. The number of hydrogen-bond donors (Lipinski definition) is 1. The molecular weight excluding hydrogens is 508 g/mol. The van der Waals surface area contributed by atoms with Crippen LogP contribution in [0.2, 0.25) is 0 Å². The van der Waals surface area contributed by atoms with Gasteiger partial charge in [-0.25, -0.2) is 4.98 Å². The average Bonchev–Trinajstić information content (AvgIpc) is 3.41. The van der Waals surface area contributed by atoms with Crippen LogP contribution in [0.3, 0.4) is 0 Å². The molecule has 3 fully saturated rings. The van der Waals surface area contributed by atoms with Crippen LogP contribution in [0.1, 0.15) is 60.1 Å². The van der Waals surface area contributed by atoms with Crippen molar-refractivity contribution in [2.24, 2.45) is 0 Å². The summed E-state index contributed by atoms with van der Waals surface area (Å²) in [6.45, 7) is 10.7. The van der Waals surface area contributed by atoms with Gasteiger partial charge in [-0.15, -0.1) is 0 Å². The first-order chi connectivity index (χ1) is 19.4. The number of rotatable bonds is 5. The fraction of sp³-hybridized carbons (Fsp3) is 0.533. The van der Waals surface area contributed by atoms with Gasteiger partial charge in [0.1, 0.15) is 18.0 Å². The lowest BCUT2D eigenvalue weighted by molar-refractivity contribution is -0.0715. The van der Waals surface area contributed by atoms with E-state index in [4.69, 9.17) is 14.5 Å². The molecule has 1 saturated carbocycles. The number of nitrogens with zero attached hydrogens (tertiary/aromatic N) is 5. The molecule has 10 heteroatoms.